The topological polar surface area (TPSA) is 17.1 Å². The normalized spacial score (nSPS) is 11.6. The molecule has 0 radical (unpaired) electrons. The molecule has 2 aromatic rings. The Morgan fingerprint density at radius 3 is 2.16 bits per heavy atom. The predicted molar refractivity (Wildman–Crippen MR) is 82.3 cm³/mol. The van der Waals surface area contributed by atoms with E-state index < -0.39 is 0 Å². The molecule has 0 aliphatic carbocycles. The molecule has 1 aromatic heterocycles. The fourth-order valence-electron chi connectivity index (χ4n) is 1.95. The molecule has 100 valence electrons. The van der Waals surface area contributed by atoms with Gasteiger partial charge in [-0.05, 0) is 29.5 Å². The van der Waals surface area contributed by atoms with Gasteiger partial charge in [0.25, 0.3) is 0 Å². The quantitative estimate of drug-likeness (QED) is 0.731. The van der Waals surface area contributed by atoms with E-state index in [1.165, 1.54) is 10.4 Å². The lowest BCUT2D eigenvalue weighted by Gasteiger charge is -2.18. The Balaban J connectivity index is 2.25. The maximum absolute atomic E-state index is 12.3. The molecule has 1 heterocycles. The molecular weight excluding hydrogens is 252 g/mol. The van der Waals surface area contributed by atoms with E-state index in [0.717, 1.165) is 16.9 Å². The molecule has 19 heavy (non-hydrogen) atoms. The fourth-order valence-corrected chi connectivity index (χ4v) is 2.86. The molecule has 0 bridgehead atoms. The summed E-state index contributed by atoms with van der Waals surface area (Å²) < 4.78 is 0. The maximum Gasteiger partial charge on any atom is 0.202 e. The Hall–Kier alpha value is -1.41. The average molecular weight is 272 g/mol. The zero-order valence-electron chi connectivity index (χ0n) is 12.0. The van der Waals surface area contributed by atoms with Gasteiger partial charge in [-0.25, -0.2) is 0 Å². The van der Waals surface area contributed by atoms with E-state index in [-0.39, 0.29) is 11.2 Å². The lowest BCUT2D eigenvalue weighted by Crippen LogP contribution is -2.11. The van der Waals surface area contributed by atoms with Gasteiger partial charge < -0.3 is 0 Å². The van der Waals surface area contributed by atoms with Crippen LogP contribution >= 0.6 is 11.3 Å². The Labute approximate surface area is 119 Å². The first-order chi connectivity index (χ1) is 8.91. The highest BCUT2D eigenvalue weighted by Gasteiger charge is 2.15. The third kappa shape index (κ3) is 3.13. The Morgan fingerprint density at radius 2 is 1.68 bits per heavy atom. The van der Waals surface area contributed by atoms with Crippen molar-refractivity contribution in [2.75, 3.05) is 0 Å². The summed E-state index contributed by atoms with van der Waals surface area (Å²) in [6.07, 6.45) is 0.987. The molecule has 1 aromatic carbocycles. The summed E-state index contributed by atoms with van der Waals surface area (Å²) in [6.45, 7) is 8.64. The van der Waals surface area contributed by atoms with Crippen molar-refractivity contribution in [2.24, 2.45) is 0 Å². The monoisotopic (exact) mass is 272 g/mol. The lowest BCUT2D eigenvalue weighted by atomic mass is 9.86. The number of carbonyl (C=O) groups excluding carboxylic acids is 1. The molecule has 1 nitrogen and oxygen atoms in total. The number of ketones is 1. The van der Waals surface area contributed by atoms with Gasteiger partial charge in [-0.1, -0.05) is 52.0 Å². The largest absolute Gasteiger partial charge is 0.288 e. The van der Waals surface area contributed by atoms with E-state index in [2.05, 4.69) is 39.8 Å². The zero-order valence-corrected chi connectivity index (χ0v) is 12.8. The standard InChI is InChI=1S/C17H20OS/c1-5-14-10-11-15(19-14)16(18)12-6-8-13(9-7-12)17(2,3)4/h6-11H,5H2,1-4H3. The van der Waals surface area contributed by atoms with Crippen molar-refractivity contribution in [1.82, 2.24) is 0 Å². The second-order valence-corrected chi connectivity index (χ2v) is 6.94. The van der Waals surface area contributed by atoms with Crippen LogP contribution in [-0.4, -0.2) is 5.78 Å². The van der Waals surface area contributed by atoms with Gasteiger partial charge in [-0.15, -0.1) is 11.3 Å². The molecule has 0 saturated carbocycles. The van der Waals surface area contributed by atoms with Crippen LogP contribution in [0.2, 0.25) is 0 Å². The van der Waals surface area contributed by atoms with Crippen LogP contribution in [-0.2, 0) is 11.8 Å². The second-order valence-electron chi connectivity index (χ2n) is 5.78. The molecule has 2 rings (SSSR count). The minimum Gasteiger partial charge on any atom is -0.288 e. The molecule has 0 amide bonds. The van der Waals surface area contributed by atoms with E-state index in [1.807, 2.05) is 24.3 Å². The van der Waals surface area contributed by atoms with Gasteiger partial charge in [0.15, 0.2) is 0 Å². The van der Waals surface area contributed by atoms with Gasteiger partial charge in [0.05, 0.1) is 4.88 Å². The van der Waals surface area contributed by atoms with Crippen LogP contribution in [0.5, 0.6) is 0 Å². The van der Waals surface area contributed by atoms with Gasteiger partial charge in [-0.3, -0.25) is 4.79 Å². The molecule has 0 aliphatic rings. The minimum atomic E-state index is 0.125. The number of rotatable bonds is 3. The number of hydrogen-bond donors (Lipinski definition) is 0. The number of aryl methyl sites for hydroxylation is 1. The molecule has 0 spiro atoms. The summed E-state index contributed by atoms with van der Waals surface area (Å²) >= 11 is 1.60. The van der Waals surface area contributed by atoms with E-state index in [0.29, 0.717) is 0 Å². The van der Waals surface area contributed by atoms with Crippen LogP contribution in [0.4, 0.5) is 0 Å². The highest BCUT2D eigenvalue weighted by atomic mass is 32.1. The van der Waals surface area contributed by atoms with Crippen LogP contribution in [0.15, 0.2) is 36.4 Å². The van der Waals surface area contributed by atoms with E-state index in [1.54, 1.807) is 11.3 Å². The van der Waals surface area contributed by atoms with Gasteiger partial charge in [-0.2, -0.15) is 0 Å². The van der Waals surface area contributed by atoms with Crippen LogP contribution < -0.4 is 0 Å². The van der Waals surface area contributed by atoms with Crippen molar-refractivity contribution in [3.05, 3.63) is 57.3 Å². The average Bonchev–Trinajstić information content (AvgIpc) is 2.86. The van der Waals surface area contributed by atoms with Crippen LogP contribution in [0.25, 0.3) is 0 Å². The number of thiophene rings is 1. The first-order valence-corrected chi connectivity index (χ1v) is 7.47. The van der Waals surface area contributed by atoms with E-state index in [9.17, 15) is 4.79 Å². The molecule has 0 fully saturated rings. The lowest BCUT2D eigenvalue weighted by molar-refractivity contribution is 0.104. The Morgan fingerprint density at radius 1 is 1.05 bits per heavy atom. The van der Waals surface area contributed by atoms with Crippen molar-refractivity contribution >= 4 is 17.1 Å². The Kier molecular flexibility index (Phi) is 3.91. The number of hydrogen-bond acceptors (Lipinski definition) is 2. The van der Waals surface area contributed by atoms with Gasteiger partial charge >= 0.3 is 0 Å². The number of benzene rings is 1. The van der Waals surface area contributed by atoms with Crippen molar-refractivity contribution < 1.29 is 4.79 Å². The van der Waals surface area contributed by atoms with Crippen molar-refractivity contribution in [2.45, 2.75) is 39.5 Å². The van der Waals surface area contributed by atoms with Crippen LogP contribution in [0.1, 0.15) is 53.4 Å². The smallest absolute Gasteiger partial charge is 0.202 e. The number of carbonyl (C=O) groups is 1. The summed E-state index contributed by atoms with van der Waals surface area (Å²) in [7, 11) is 0. The highest BCUT2D eigenvalue weighted by molar-refractivity contribution is 7.14. The van der Waals surface area contributed by atoms with Crippen molar-refractivity contribution in [3.8, 4) is 0 Å². The molecule has 0 N–H and O–H groups in total. The highest BCUT2D eigenvalue weighted by Crippen LogP contribution is 2.24. The first-order valence-electron chi connectivity index (χ1n) is 6.66. The third-order valence-corrected chi connectivity index (χ3v) is 4.48. The second kappa shape index (κ2) is 5.30. The van der Waals surface area contributed by atoms with Gasteiger partial charge in [0, 0.05) is 10.4 Å². The van der Waals surface area contributed by atoms with Crippen LogP contribution in [0.3, 0.4) is 0 Å². The summed E-state index contributed by atoms with van der Waals surface area (Å²) in [6, 6.07) is 12.0. The fraction of sp³-hybridized carbons (Fsp3) is 0.353. The molecule has 0 atom stereocenters. The molecule has 0 aliphatic heterocycles. The van der Waals surface area contributed by atoms with Gasteiger partial charge in [0.1, 0.15) is 0 Å². The summed E-state index contributed by atoms with van der Waals surface area (Å²) in [4.78, 5) is 14.4. The van der Waals surface area contributed by atoms with Crippen molar-refractivity contribution in [1.29, 1.82) is 0 Å². The minimum absolute atomic E-state index is 0.125. The van der Waals surface area contributed by atoms with E-state index >= 15 is 0 Å². The summed E-state index contributed by atoms with van der Waals surface area (Å²) in [5.41, 5.74) is 2.15. The van der Waals surface area contributed by atoms with Crippen LogP contribution in [0, 0.1) is 0 Å². The first kappa shape index (κ1) is 14.0. The summed E-state index contributed by atoms with van der Waals surface area (Å²) in [5.74, 6) is 0.130. The zero-order chi connectivity index (χ0) is 14.0. The SMILES string of the molecule is CCc1ccc(C(=O)c2ccc(C(C)(C)C)cc2)s1. The molecule has 0 saturated heterocycles. The van der Waals surface area contributed by atoms with Gasteiger partial charge in [0.2, 0.25) is 5.78 Å². The van der Waals surface area contributed by atoms with Crippen molar-refractivity contribution in [3.63, 3.8) is 0 Å². The predicted octanol–water partition coefficient (Wildman–Crippen LogP) is 4.84. The van der Waals surface area contributed by atoms with E-state index in [4.69, 9.17) is 0 Å². The summed E-state index contributed by atoms with van der Waals surface area (Å²) in [5, 5.41) is 0. The Bertz CT molecular complexity index is 570. The maximum atomic E-state index is 12.3. The third-order valence-electron chi connectivity index (χ3n) is 3.25. The molecular formula is C17H20OS. The molecule has 0 unspecified atom stereocenters. The molecule has 2 heteroatoms.